The van der Waals surface area contributed by atoms with E-state index >= 15 is 0 Å². The smallest absolute Gasteiger partial charge is 0.332 e. The lowest BCUT2D eigenvalue weighted by molar-refractivity contribution is 0.102. The molecule has 2 rings (SSSR count). The van der Waals surface area contributed by atoms with Gasteiger partial charge in [0.25, 0.3) is 5.91 Å². The lowest BCUT2D eigenvalue weighted by Gasteiger charge is -2.15. The molecule has 5 heteroatoms. The number of carbonyl (C=O) groups excluding carboxylic acids is 1. The van der Waals surface area contributed by atoms with Crippen LogP contribution in [0.1, 0.15) is 22.8 Å². The highest BCUT2D eigenvalue weighted by Gasteiger charge is 2.25. The van der Waals surface area contributed by atoms with Gasteiger partial charge in [0.05, 0.1) is 0 Å². The molecule has 2 aromatic rings. The molecule has 4 nitrogen and oxygen atoms in total. The topological polar surface area (TPSA) is 69.6 Å². The molecule has 0 fully saturated rings. The van der Waals surface area contributed by atoms with Crippen LogP contribution in [0.25, 0.3) is 0 Å². The van der Waals surface area contributed by atoms with Crippen LogP contribution in [0.2, 0.25) is 12.1 Å². The Bertz CT molecular complexity index is 629. The number of benzene rings is 2. The van der Waals surface area contributed by atoms with Gasteiger partial charge in [-0.2, -0.15) is 0 Å². The van der Waals surface area contributed by atoms with Crippen molar-refractivity contribution in [3.8, 4) is 0 Å². The Hall–Kier alpha value is -1.95. The summed E-state index contributed by atoms with van der Waals surface area (Å²) in [4.78, 5) is 31.8. The predicted molar refractivity (Wildman–Crippen MR) is 90.0 cm³/mol. The molecule has 22 heavy (non-hydrogen) atoms. The normalized spacial score (nSPS) is 11.2. The molecule has 0 bridgehead atoms. The fourth-order valence-corrected chi connectivity index (χ4v) is 3.16. The highest BCUT2D eigenvalue weighted by molar-refractivity contribution is 6.64. The number of aryl methyl sites for hydroxylation is 1. The molecule has 0 aliphatic carbocycles. The van der Waals surface area contributed by atoms with Gasteiger partial charge in [-0.3, -0.25) is 4.79 Å². The molecule has 1 amide bonds. The van der Waals surface area contributed by atoms with Crippen LogP contribution in [-0.4, -0.2) is 24.1 Å². The van der Waals surface area contributed by atoms with E-state index < -0.39 is 8.56 Å². The van der Waals surface area contributed by atoms with Gasteiger partial charge >= 0.3 is 8.56 Å². The predicted octanol–water partition coefficient (Wildman–Crippen LogP) is 2.93. The summed E-state index contributed by atoms with van der Waals surface area (Å²) in [5, 5.41) is 2.84. The number of hydrogen-bond donors (Lipinski definition) is 3. The maximum atomic E-state index is 12.2. The quantitative estimate of drug-likeness (QED) is 0.718. The third-order valence-electron chi connectivity index (χ3n) is 3.60. The van der Waals surface area contributed by atoms with Crippen molar-refractivity contribution in [3.63, 3.8) is 0 Å². The molecule has 0 aliphatic heterocycles. The first kappa shape index (κ1) is 16.4. The van der Waals surface area contributed by atoms with Gasteiger partial charge in [-0.05, 0) is 48.3 Å². The summed E-state index contributed by atoms with van der Waals surface area (Å²) >= 11 is 0. The first-order valence-electron chi connectivity index (χ1n) is 7.40. The van der Waals surface area contributed by atoms with E-state index in [9.17, 15) is 14.4 Å². The molecular weight excluding hydrogens is 294 g/mol. The average molecular weight is 315 g/mol. The first-order valence-corrected chi connectivity index (χ1v) is 9.71. The number of carbonyl (C=O) groups is 1. The number of rotatable bonds is 6. The maximum Gasteiger partial charge on any atom is 0.332 e. The van der Waals surface area contributed by atoms with Crippen molar-refractivity contribution >= 4 is 20.2 Å². The summed E-state index contributed by atoms with van der Waals surface area (Å²) in [6, 6.07) is 17.4. The third-order valence-corrected chi connectivity index (χ3v) is 5.78. The van der Waals surface area contributed by atoms with Crippen LogP contribution < -0.4 is 5.32 Å². The Balaban J connectivity index is 2.03. The van der Waals surface area contributed by atoms with E-state index in [1.54, 1.807) is 19.1 Å². The highest BCUT2D eigenvalue weighted by Crippen LogP contribution is 2.15. The maximum absolute atomic E-state index is 12.2. The van der Waals surface area contributed by atoms with Crippen molar-refractivity contribution < 1.29 is 14.4 Å². The van der Waals surface area contributed by atoms with Crippen LogP contribution in [0.15, 0.2) is 54.6 Å². The van der Waals surface area contributed by atoms with Crippen molar-refractivity contribution in [2.24, 2.45) is 0 Å². The van der Waals surface area contributed by atoms with Crippen LogP contribution in [0.4, 0.5) is 5.69 Å². The molecule has 0 aromatic heterocycles. The largest absolute Gasteiger partial charge is 0.411 e. The molecule has 3 N–H and O–H groups in total. The zero-order valence-electron chi connectivity index (χ0n) is 12.6. The fourth-order valence-electron chi connectivity index (χ4n) is 2.11. The standard InChI is InChI=1S/C17H21NO3Si/c1-2-22(20,21)12-11-14-7-6-8-15(13-14)17(19)18-16-9-4-3-5-10-16/h3-10,13,20-21H,2,11-12H2,1H3,(H,18,19). The summed E-state index contributed by atoms with van der Waals surface area (Å²) in [5.74, 6) is -0.167. The van der Waals surface area contributed by atoms with E-state index in [-0.39, 0.29) is 5.91 Å². The fraction of sp³-hybridized carbons (Fsp3) is 0.235. The minimum Gasteiger partial charge on any atom is -0.411 e. The summed E-state index contributed by atoms with van der Waals surface area (Å²) in [7, 11) is -3.07. The van der Waals surface area contributed by atoms with Gasteiger partial charge < -0.3 is 14.9 Å². The zero-order chi connectivity index (χ0) is 16.0. The molecule has 0 radical (unpaired) electrons. The molecule has 0 saturated heterocycles. The lowest BCUT2D eigenvalue weighted by atomic mass is 10.1. The Morgan fingerprint density at radius 3 is 2.50 bits per heavy atom. The van der Waals surface area contributed by atoms with Crippen molar-refractivity contribution in [2.45, 2.75) is 25.4 Å². The van der Waals surface area contributed by atoms with Gasteiger partial charge in [0.2, 0.25) is 0 Å². The molecule has 116 valence electrons. The molecule has 0 spiro atoms. The van der Waals surface area contributed by atoms with Gasteiger partial charge in [0, 0.05) is 11.3 Å². The highest BCUT2D eigenvalue weighted by atomic mass is 28.4. The molecular formula is C17H21NO3Si. The van der Waals surface area contributed by atoms with Crippen LogP contribution >= 0.6 is 0 Å². The first-order chi connectivity index (χ1) is 10.5. The van der Waals surface area contributed by atoms with Gasteiger partial charge in [0.1, 0.15) is 0 Å². The minimum atomic E-state index is -3.07. The van der Waals surface area contributed by atoms with Crippen molar-refractivity contribution in [2.75, 3.05) is 5.32 Å². The van der Waals surface area contributed by atoms with Crippen molar-refractivity contribution in [1.82, 2.24) is 0 Å². The molecule has 0 atom stereocenters. The SMILES string of the molecule is CC[Si](O)(O)CCc1cccc(C(=O)Nc2ccccc2)c1. The van der Waals surface area contributed by atoms with Crippen LogP contribution in [-0.2, 0) is 6.42 Å². The third kappa shape index (κ3) is 4.80. The second-order valence-electron chi connectivity index (χ2n) is 5.36. The Kier molecular flexibility index (Phi) is 5.49. The molecule has 0 aliphatic rings. The van der Waals surface area contributed by atoms with E-state index in [2.05, 4.69) is 5.32 Å². The number of amides is 1. The van der Waals surface area contributed by atoms with Gasteiger partial charge in [0.15, 0.2) is 0 Å². The number of anilines is 1. The van der Waals surface area contributed by atoms with E-state index in [1.807, 2.05) is 42.5 Å². The molecule has 2 aromatic carbocycles. The number of para-hydroxylation sites is 1. The Morgan fingerprint density at radius 2 is 1.82 bits per heavy atom. The summed E-state index contributed by atoms with van der Waals surface area (Å²) in [6.07, 6.45) is 0.569. The van der Waals surface area contributed by atoms with Gasteiger partial charge in [-0.1, -0.05) is 37.3 Å². The second kappa shape index (κ2) is 7.35. The van der Waals surface area contributed by atoms with Gasteiger partial charge in [-0.15, -0.1) is 0 Å². The van der Waals surface area contributed by atoms with Crippen molar-refractivity contribution in [1.29, 1.82) is 0 Å². The minimum absolute atomic E-state index is 0.167. The van der Waals surface area contributed by atoms with Crippen LogP contribution in [0.3, 0.4) is 0 Å². The molecule has 0 heterocycles. The summed E-state index contributed by atoms with van der Waals surface area (Å²) in [5.41, 5.74) is 2.26. The average Bonchev–Trinajstić information content (AvgIpc) is 2.54. The summed E-state index contributed by atoms with van der Waals surface area (Å²) < 4.78 is 0. The Labute approximate surface area is 131 Å². The lowest BCUT2D eigenvalue weighted by Crippen LogP contribution is -2.33. The van der Waals surface area contributed by atoms with Crippen LogP contribution in [0.5, 0.6) is 0 Å². The van der Waals surface area contributed by atoms with Gasteiger partial charge in [-0.25, -0.2) is 0 Å². The number of nitrogens with one attached hydrogen (secondary N) is 1. The second-order valence-corrected chi connectivity index (χ2v) is 8.53. The Morgan fingerprint density at radius 1 is 1.09 bits per heavy atom. The number of hydrogen-bond acceptors (Lipinski definition) is 3. The summed E-state index contributed by atoms with van der Waals surface area (Å²) in [6.45, 7) is 1.79. The van der Waals surface area contributed by atoms with E-state index in [0.717, 1.165) is 11.3 Å². The van der Waals surface area contributed by atoms with E-state index in [4.69, 9.17) is 0 Å². The van der Waals surface area contributed by atoms with Crippen molar-refractivity contribution in [3.05, 3.63) is 65.7 Å². The molecule has 0 saturated carbocycles. The monoisotopic (exact) mass is 315 g/mol. The van der Waals surface area contributed by atoms with E-state index in [0.29, 0.717) is 24.1 Å². The van der Waals surface area contributed by atoms with E-state index in [1.165, 1.54) is 0 Å². The molecule has 0 unspecified atom stereocenters. The van der Waals surface area contributed by atoms with Crippen LogP contribution in [0, 0.1) is 0 Å². The zero-order valence-corrected chi connectivity index (χ0v) is 13.6.